The first kappa shape index (κ1) is 30.4. The first-order valence-electron chi connectivity index (χ1n) is 11.1. The van der Waals surface area contributed by atoms with Gasteiger partial charge in [-0.05, 0) is 66.6 Å². The van der Waals surface area contributed by atoms with Crippen LogP contribution in [0.2, 0.25) is 12.1 Å². The highest BCUT2D eigenvalue weighted by Gasteiger charge is 2.40. The minimum absolute atomic E-state index is 0.531. The van der Waals surface area contributed by atoms with Gasteiger partial charge in [0, 0.05) is 57.5 Å². The highest BCUT2D eigenvalue weighted by molar-refractivity contribution is 8.22. The summed E-state index contributed by atoms with van der Waals surface area (Å²) in [5, 5.41) is 0. The molecule has 0 rings (SSSR count). The van der Waals surface area contributed by atoms with Crippen LogP contribution >= 0.6 is 24.0 Å². The third-order valence-electron chi connectivity index (χ3n) is 3.88. The van der Waals surface area contributed by atoms with E-state index >= 15 is 0 Å². The zero-order chi connectivity index (χ0) is 22.7. The molecule has 30 heavy (non-hydrogen) atoms. The quantitative estimate of drug-likeness (QED) is 0.131. The Balaban J connectivity index is 4.27. The number of rotatable bonds is 20. The second kappa shape index (κ2) is 19.0. The lowest BCUT2D eigenvalue weighted by Crippen LogP contribution is -2.46. The molecule has 0 fully saturated rings. The topological polar surface area (TPSA) is 64.6 Å². The molecule has 0 aliphatic carbocycles. The third-order valence-corrected chi connectivity index (χ3v) is 11.5. The maximum Gasteiger partial charge on any atom is 0.501 e. The number of ether oxygens (including phenoxy) is 1. The van der Waals surface area contributed by atoms with Crippen molar-refractivity contribution in [3.8, 4) is 0 Å². The monoisotopic (exact) mass is 502 g/mol. The fraction of sp³-hybridized carbons (Fsp3) is 0.947. The van der Waals surface area contributed by atoms with Gasteiger partial charge in [-0.2, -0.15) is 0 Å². The summed E-state index contributed by atoms with van der Waals surface area (Å²) in [7, 11) is -5.19. The van der Waals surface area contributed by atoms with Gasteiger partial charge in [-0.3, -0.25) is 0 Å². The molecule has 0 spiro atoms. The van der Waals surface area contributed by atoms with Crippen LogP contribution in [-0.4, -0.2) is 74.0 Å². The fourth-order valence-corrected chi connectivity index (χ4v) is 9.34. The molecule has 0 amide bonds. The van der Waals surface area contributed by atoms with E-state index in [2.05, 4.69) is 0 Å². The molecule has 0 aromatic carbocycles. The molecule has 0 N–H and O–H groups in total. The van der Waals surface area contributed by atoms with Gasteiger partial charge in [0.2, 0.25) is 4.38 Å². The van der Waals surface area contributed by atoms with Crippen molar-refractivity contribution >= 4 is 46.0 Å². The highest BCUT2D eigenvalue weighted by Crippen LogP contribution is 2.21. The zero-order valence-corrected chi connectivity index (χ0v) is 23.3. The summed E-state index contributed by atoms with van der Waals surface area (Å²) in [5.41, 5.74) is 0. The largest absolute Gasteiger partial charge is 0.501 e. The van der Waals surface area contributed by atoms with Crippen molar-refractivity contribution in [1.82, 2.24) is 0 Å². The Morgan fingerprint density at radius 3 is 1.37 bits per heavy atom. The number of hydrogen-bond acceptors (Lipinski definition) is 9. The lowest BCUT2D eigenvalue weighted by molar-refractivity contribution is 0.0693. The maximum absolute atomic E-state index is 5.88. The van der Waals surface area contributed by atoms with E-state index in [4.69, 9.17) is 43.5 Å². The van der Waals surface area contributed by atoms with E-state index in [1.165, 1.54) is 0 Å². The summed E-state index contributed by atoms with van der Waals surface area (Å²) in [6.07, 6.45) is 1.68. The molecular formula is C19H42O7S2Si2. The summed E-state index contributed by atoms with van der Waals surface area (Å²) < 4.78 is 41.5. The number of hydrogen-bond donors (Lipinski definition) is 0. The summed E-state index contributed by atoms with van der Waals surface area (Å²) in [4.78, 5) is 0. The van der Waals surface area contributed by atoms with E-state index in [1.807, 2.05) is 41.5 Å². The van der Waals surface area contributed by atoms with Gasteiger partial charge in [-0.1, -0.05) is 11.8 Å². The molecule has 0 aliphatic rings. The lowest BCUT2D eigenvalue weighted by atomic mass is 10.5. The fourth-order valence-electron chi connectivity index (χ4n) is 2.93. The summed E-state index contributed by atoms with van der Waals surface area (Å²) in [5.74, 6) is 0.844. The van der Waals surface area contributed by atoms with Gasteiger partial charge in [0.25, 0.3) is 0 Å². The Labute approximate surface area is 195 Å². The Morgan fingerprint density at radius 1 is 0.633 bits per heavy atom. The van der Waals surface area contributed by atoms with Crippen LogP contribution < -0.4 is 0 Å². The molecule has 7 nitrogen and oxygen atoms in total. The molecule has 0 bridgehead atoms. The van der Waals surface area contributed by atoms with E-state index in [1.54, 1.807) is 11.8 Å². The predicted molar refractivity (Wildman–Crippen MR) is 131 cm³/mol. The van der Waals surface area contributed by atoms with Crippen LogP contribution in [0, 0.1) is 0 Å². The van der Waals surface area contributed by atoms with Gasteiger partial charge >= 0.3 is 17.6 Å². The van der Waals surface area contributed by atoms with E-state index in [9.17, 15) is 0 Å². The summed E-state index contributed by atoms with van der Waals surface area (Å²) >= 11 is 6.89. The van der Waals surface area contributed by atoms with Crippen LogP contribution in [0.4, 0.5) is 0 Å². The van der Waals surface area contributed by atoms with Crippen LogP contribution in [0.3, 0.4) is 0 Å². The molecule has 0 saturated heterocycles. The molecule has 0 saturated carbocycles. The Bertz CT molecular complexity index is 364. The van der Waals surface area contributed by atoms with Crippen molar-refractivity contribution in [1.29, 1.82) is 0 Å². The van der Waals surface area contributed by atoms with E-state index in [0.717, 1.165) is 30.7 Å². The smallest absolute Gasteiger partial charge is 0.479 e. The van der Waals surface area contributed by atoms with Crippen molar-refractivity contribution < 1.29 is 31.3 Å². The van der Waals surface area contributed by atoms with Crippen LogP contribution in [-0.2, 0) is 31.3 Å². The number of thioether (sulfide) groups is 1. The lowest BCUT2D eigenvalue weighted by Gasteiger charge is -2.28. The first-order valence-corrected chi connectivity index (χ1v) is 16.4. The second-order valence-corrected chi connectivity index (χ2v) is 13.3. The van der Waals surface area contributed by atoms with Crippen LogP contribution in [0.5, 0.6) is 0 Å². The SMILES string of the molecule is CCO[Si](CCCOC(=S)SCCC[Si](OCC)(OCC)OCC)(OCC)OCC. The molecule has 180 valence electrons. The molecule has 0 unspecified atom stereocenters. The molecule has 0 aromatic rings. The molecule has 11 heteroatoms. The van der Waals surface area contributed by atoms with Crippen LogP contribution in [0.25, 0.3) is 0 Å². The van der Waals surface area contributed by atoms with Gasteiger partial charge in [-0.15, -0.1) is 0 Å². The Kier molecular flexibility index (Phi) is 19.2. The van der Waals surface area contributed by atoms with E-state index in [-0.39, 0.29) is 0 Å². The van der Waals surface area contributed by atoms with Crippen molar-refractivity contribution in [3.05, 3.63) is 0 Å². The average Bonchev–Trinajstić information content (AvgIpc) is 2.70. The number of thiocarbonyl (C=S) groups is 1. The zero-order valence-electron chi connectivity index (χ0n) is 19.7. The van der Waals surface area contributed by atoms with Crippen LogP contribution in [0.15, 0.2) is 0 Å². The Hall–Kier alpha value is 0.434. The normalized spacial score (nSPS) is 12.3. The van der Waals surface area contributed by atoms with Crippen molar-refractivity contribution in [2.45, 2.75) is 66.5 Å². The standard InChI is InChI=1S/C19H42O7S2Si2/c1-7-21-29(22-8-2,23-9-3)17-13-15-20-19(27)28-16-14-18-30(24-10-4,25-11-5)26-12-6/h7-18H2,1-6H3. The molecule has 0 radical (unpaired) electrons. The van der Waals surface area contributed by atoms with Gasteiger partial charge in [0.1, 0.15) is 0 Å². The van der Waals surface area contributed by atoms with E-state index < -0.39 is 17.6 Å². The highest BCUT2D eigenvalue weighted by atomic mass is 32.2. The first-order chi connectivity index (χ1) is 14.5. The minimum Gasteiger partial charge on any atom is -0.479 e. The maximum atomic E-state index is 5.88. The molecule has 0 heterocycles. The van der Waals surface area contributed by atoms with E-state index in [0.29, 0.717) is 50.6 Å². The van der Waals surface area contributed by atoms with Crippen molar-refractivity contribution in [3.63, 3.8) is 0 Å². The molecule has 0 aliphatic heterocycles. The molecular weight excluding hydrogens is 461 g/mol. The van der Waals surface area contributed by atoms with Gasteiger partial charge in [0.05, 0.1) is 6.61 Å². The third kappa shape index (κ3) is 13.1. The van der Waals surface area contributed by atoms with Gasteiger partial charge in [-0.25, -0.2) is 0 Å². The summed E-state index contributed by atoms with van der Waals surface area (Å²) in [6.45, 7) is 15.8. The molecule has 0 aromatic heterocycles. The molecule has 0 atom stereocenters. The average molecular weight is 503 g/mol. The summed E-state index contributed by atoms with van der Waals surface area (Å²) in [6, 6.07) is 1.50. The van der Waals surface area contributed by atoms with Crippen molar-refractivity contribution in [2.75, 3.05) is 52.0 Å². The second-order valence-electron chi connectivity index (χ2n) is 6.12. The minimum atomic E-state index is -2.61. The van der Waals surface area contributed by atoms with Crippen molar-refractivity contribution in [2.24, 2.45) is 0 Å². The predicted octanol–water partition coefficient (Wildman–Crippen LogP) is 4.90. The Morgan fingerprint density at radius 2 is 1.00 bits per heavy atom. The van der Waals surface area contributed by atoms with Gasteiger partial charge in [0.15, 0.2) is 0 Å². The van der Waals surface area contributed by atoms with Crippen LogP contribution in [0.1, 0.15) is 54.4 Å². The van der Waals surface area contributed by atoms with Gasteiger partial charge < -0.3 is 31.3 Å².